The molecule has 6 rings (SSSR count). The Balaban J connectivity index is 0.000000251. The maximum atomic E-state index is 12.8. The summed E-state index contributed by atoms with van der Waals surface area (Å²) in [5, 5.41) is 49.1. The number of H-pyrrole nitrogens is 1. The van der Waals surface area contributed by atoms with Crippen LogP contribution in [-0.4, -0.2) is 88.4 Å². The van der Waals surface area contributed by atoms with E-state index in [2.05, 4.69) is 101 Å². The number of nitrogens with zero attached hydrogens (tertiary/aromatic N) is 8. The zero-order valence-corrected chi connectivity index (χ0v) is 37.5. The molecule has 0 spiro atoms. The molecule has 2 amide bonds. The van der Waals surface area contributed by atoms with E-state index in [-0.39, 0.29) is 48.6 Å². The summed E-state index contributed by atoms with van der Waals surface area (Å²) in [6, 6.07) is 38.1. The third kappa shape index (κ3) is 16.5. The molecule has 0 aliphatic heterocycles. The van der Waals surface area contributed by atoms with Gasteiger partial charge in [0.15, 0.2) is 11.6 Å². The summed E-state index contributed by atoms with van der Waals surface area (Å²) in [5.74, 6) is -1.33. The Morgan fingerprint density at radius 3 is 1.73 bits per heavy atom. The fourth-order valence-electron chi connectivity index (χ4n) is 7.29. The zero-order chi connectivity index (χ0) is 47.1. The molecule has 6 aromatic rings. The van der Waals surface area contributed by atoms with Gasteiger partial charge >= 0.3 is 11.9 Å². The molecular formula is C49H57N11O6. The lowest BCUT2D eigenvalue weighted by atomic mass is 9.94. The van der Waals surface area contributed by atoms with Crippen molar-refractivity contribution in [3.8, 4) is 28.3 Å². The van der Waals surface area contributed by atoms with Crippen LogP contribution in [0.15, 0.2) is 109 Å². The van der Waals surface area contributed by atoms with Gasteiger partial charge in [-0.3, -0.25) is 19.2 Å². The maximum Gasteiger partial charge on any atom is 0.308 e. The number of aromatic nitrogens is 8. The Bertz CT molecular complexity index is 2440. The van der Waals surface area contributed by atoms with Crippen LogP contribution in [-0.2, 0) is 56.1 Å². The van der Waals surface area contributed by atoms with Crippen molar-refractivity contribution in [2.24, 2.45) is 11.8 Å². The highest BCUT2D eigenvalue weighted by Crippen LogP contribution is 2.23. The second-order valence-electron chi connectivity index (χ2n) is 16.0. The minimum atomic E-state index is -0.875. The van der Waals surface area contributed by atoms with Gasteiger partial charge < -0.3 is 20.5 Å². The molecule has 0 saturated heterocycles. The Morgan fingerprint density at radius 2 is 1.24 bits per heavy atom. The van der Waals surface area contributed by atoms with Gasteiger partial charge in [-0.05, 0) is 76.4 Å². The van der Waals surface area contributed by atoms with Crippen LogP contribution in [0.2, 0.25) is 0 Å². The van der Waals surface area contributed by atoms with Gasteiger partial charge in [0.1, 0.15) is 0 Å². The first-order valence-corrected chi connectivity index (χ1v) is 22.1. The minimum Gasteiger partial charge on any atom is -0.481 e. The Kier molecular flexibility index (Phi) is 19.6. The van der Waals surface area contributed by atoms with Crippen LogP contribution in [0.5, 0.6) is 0 Å². The molecule has 4 atom stereocenters. The van der Waals surface area contributed by atoms with Crippen LogP contribution in [0.3, 0.4) is 0 Å². The first-order valence-electron chi connectivity index (χ1n) is 22.1. The van der Waals surface area contributed by atoms with Gasteiger partial charge in [0.05, 0.1) is 37.5 Å². The molecule has 2 aromatic heterocycles. The number of esters is 1. The number of hydrogen-bond donors (Lipinski definition) is 4. The van der Waals surface area contributed by atoms with Crippen LogP contribution < -0.4 is 10.6 Å². The van der Waals surface area contributed by atoms with E-state index in [1.165, 1.54) is 0 Å². The van der Waals surface area contributed by atoms with Crippen molar-refractivity contribution in [1.82, 2.24) is 51.5 Å². The highest BCUT2D eigenvalue weighted by molar-refractivity contribution is 5.77. The molecule has 0 unspecified atom stereocenters. The number of aryl methyl sites for hydroxylation is 3. The molecule has 0 fully saturated rings. The lowest BCUT2D eigenvalue weighted by Gasteiger charge is -2.22. The number of amides is 2. The van der Waals surface area contributed by atoms with Crippen LogP contribution in [0.4, 0.5) is 0 Å². The van der Waals surface area contributed by atoms with Crippen LogP contribution >= 0.6 is 0 Å². The predicted molar refractivity (Wildman–Crippen MR) is 246 cm³/mol. The number of ether oxygens (including phenoxy) is 1. The summed E-state index contributed by atoms with van der Waals surface area (Å²) < 4.78 is 6.71. The Labute approximate surface area is 384 Å². The number of nitriles is 1. The Hall–Kier alpha value is -7.61. The highest BCUT2D eigenvalue weighted by Gasteiger charge is 2.23. The molecule has 0 bridgehead atoms. The second-order valence-corrected chi connectivity index (χ2v) is 16.0. The first-order chi connectivity index (χ1) is 32.0. The number of benzene rings is 4. The molecule has 66 heavy (non-hydrogen) atoms. The summed E-state index contributed by atoms with van der Waals surface area (Å²) in [6.07, 6.45) is 3.39. The van der Waals surface area contributed by atoms with Crippen molar-refractivity contribution in [2.45, 2.75) is 97.2 Å². The van der Waals surface area contributed by atoms with Crippen molar-refractivity contribution in [3.63, 3.8) is 0 Å². The standard InChI is InChI=1S/C27H32N6O3.C22H25N5O3/c1-3-36-27(35)20(2)18-24(19-21-10-12-23(13-11-21)22-8-5-4-6-9-22)29-26(34)15-14-25-30-31-32-33(25)17-7-16-28;1-15(22(29)30)13-19(23-21(28)12-11-20-24-26-27-25-20)14-16-7-9-18(10-8-16)17-5-3-2-4-6-17/h4-6,8-13,20,24H,3,7,14-15,17-19H2,1-2H3,(H,29,34);2-10,15,19H,11-14H2,1H3,(H,23,28)(H,29,30)(H,24,25,26,27)/t20-,24+;15-,19+/m11/s1. The molecule has 17 heteroatoms. The first kappa shape index (κ1) is 49.4. The molecule has 17 nitrogen and oxygen atoms in total. The van der Waals surface area contributed by atoms with Gasteiger partial charge in [-0.25, -0.2) is 4.68 Å². The molecule has 0 aliphatic rings. The lowest BCUT2D eigenvalue weighted by molar-refractivity contribution is -0.148. The molecule has 4 aromatic carbocycles. The van der Waals surface area contributed by atoms with E-state index in [0.29, 0.717) is 69.7 Å². The van der Waals surface area contributed by atoms with E-state index in [1.54, 1.807) is 18.5 Å². The number of tetrazole rings is 2. The number of aromatic amines is 1. The molecule has 4 N–H and O–H groups in total. The van der Waals surface area contributed by atoms with Crippen molar-refractivity contribution >= 4 is 23.8 Å². The fourth-order valence-corrected chi connectivity index (χ4v) is 7.29. The average Bonchev–Trinajstić information content (AvgIpc) is 4.03. The maximum absolute atomic E-state index is 12.8. The van der Waals surface area contributed by atoms with Gasteiger partial charge in [-0.1, -0.05) is 128 Å². The van der Waals surface area contributed by atoms with Crippen LogP contribution in [0.1, 0.15) is 75.7 Å². The topological polar surface area (TPSA) is 244 Å². The average molecular weight is 896 g/mol. The van der Waals surface area contributed by atoms with E-state index in [0.717, 1.165) is 33.4 Å². The van der Waals surface area contributed by atoms with Gasteiger partial charge in [-0.2, -0.15) is 10.5 Å². The number of nitrogens with one attached hydrogen (secondary N) is 3. The van der Waals surface area contributed by atoms with E-state index < -0.39 is 11.9 Å². The van der Waals surface area contributed by atoms with Gasteiger partial charge in [0.25, 0.3) is 0 Å². The smallest absolute Gasteiger partial charge is 0.308 e. The summed E-state index contributed by atoms with van der Waals surface area (Å²) in [7, 11) is 0. The van der Waals surface area contributed by atoms with Crippen molar-refractivity contribution in [2.75, 3.05) is 6.61 Å². The summed E-state index contributed by atoms with van der Waals surface area (Å²) >= 11 is 0. The molecule has 2 heterocycles. The lowest BCUT2D eigenvalue weighted by Crippen LogP contribution is -2.39. The molecule has 0 radical (unpaired) electrons. The zero-order valence-electron chi connectivity index (χ0n) is 37.5. The minimum absolute atomic E-state index is 0.146. The number of aliphatic carboxylic acids is 1. The van der Waals surface area contributed by atoms with E-state index in [9.17, 15) is 24.3 Å². The SMILES string of the molecule is CCOC(=O)[C@H](C)C[C@@H](Cc1ccc(-c2ccccc2)cc1)NC(=O)CCc1nnnn1CCC#N.C[C@H](C[C@@H](Cc1ccc(-c2ccccc2)cc1)NC(=O)CCc1nn[nH]n1)C(=O)O. The summed E-state index contributed by atoms with van der Waals surface area (Å²) in [6.45, 7) is 5.96. The van der Waals surface area contributed by atoms with E-state index in [1.807, 2.05) is 67.6 Å². The number of hydrogen-bond acceptors (Lipinski definition) is 12. The van der Waals surface area contributed by atoms with Crippen LogP contribution in [0.25, 0.3) is 22.3 Å². The van der Waals surface area contributed by atoms with Crippen molar-refractivity contribution in [3.05, 3.63) is 132 Å². The van der Waals surface area contributed by atoms with Gasteiger partial charge in [0.2, 0.25) is 11.8 Å². The van der Waals surface area contributed by atoms with E-state index in [4.69, 9.17) is 10.00 Å². The Morgan fingerprint density at radius 1 is 0.727 bits per heavy atom. The predicted octanol–water partition coefficient (Wildman–Crippen LogP) is 6.14. The largest absolute Gasteiger partial charge is 0.481 e. The normalized spacial score (nSPS) is 12.6. The fraction of sp³-hybridized carbons (Fsp3) is 0.367. The second kappa shape index (κ2) is 26.2. The molecular weight excluding hydrogens is 839 g/mol. The third-order valence-electron chi connectivity index (χ3n) is 10.8. The van der Waals surface area contributed by atoms with Crippen molar-refractivity contribution < 1.29 is 29.0 Å². The number of rotatable bonds is 23. The summed E-state index contributed by atoms with van der Waals surface area (Å²) in [4.78, 5) is 48.8. The number of carboxylic acids is 1. The monoisotopic (exact) mass is 895 g/mol. The molecule has 344 valence electrons. The molecule has 0 saturated carbocycles. The van der Waals surface area contributed by atoms with Gasteiger partial charge in [-0.15, -0.1) is 15.3 Å². The number of carbonyl (C=O) groups is 4. The number of carbonyl (C=O) groups excluding carboxylic acids is 3. The number of carboxylic acid groups (broad SMARTS) is 1. The quantitative estimate of drug-likeness (QED) is 0.0529. The molecule has 0 aliphatic carbocycles. The van der Waals surface area contributed by atoms with Crippen molar-refractivity contribution in [1.29, 1.82) is 5.26 Å². The van der Waals surface area contributed by atoms with Gasteiger partial charge in [0, 0.05) is 37.8 Å². The third-order valence-corrected chi connectivity index (χ3v) is 10.8. The highest BCUT2D eigenvalue weighted by atomic mass is 16.5. The summed E-state index contributed by atoms with van der Waals surface area (Å²) in [5.41, 5.74) is 6.61. The van der Waals surface area contributed by atoms with Crippen LogP contribution in [0, 0.1) is 23.2 Å². The van der Waals surface area contributed by atoms with E-state index >= 15 is 0 Å².